The number of allylic oxidation sites excluding steroid dienone is 1. The topological polar surface area (TPSA) is 114 Å². The summed E-state index contributed by atoms with van der Waals surface area (Å²) in [6, 6.07) is 30.1. The van der Waals surface area contributed by atoms with Gasteiger partial charge < -0.3 is 15.6 Å². The fourth-order valence-corrected chi connectivity index (χ4v) is 6.13. The summed E-state index contributed by atoms with van der Waals surface area (Å²) in [5.74, 6) is -0.696. The number of amides is 2. The first kappa shape index (κ1) is 36.2. The van der Waals surface area contributed by atoms with Crippen LogP contribution in [0.5, 0.6) is 0 Å². The molecule has 3 aromatic carbocycles. The Labute approximate surface area is 286 Å². The van der Waals surface area contributed by atoms with Gasteiger partial charge in [-0.15, -0.1) is 0 Å². The molecule has 0 aliphatic rings. The van der Waals surface area contributed by atoms with E-state index in [2.05, 4.69) is 75.6 Å². The summed E-state index contributed by atoms with van der Waals surface area (Å²) in [6.07, 6.45) is 14.2. The predicted molar refractivity (Wildman–Crippen MR) is 194 cm³/mol. The zero-order valence-corrected chi connectivity index (χ0v) is 28.4. The van der Waals surface area contributed by atoms with Crippen molar-refractivity contribution in [3.05, 3.63) is 138 Å². The van der Waals surface area contributed by atoms with E-state index in [0.29, 0.717) is 12.1 Å². The third-order valence-electron chi connectivity index (χ3n) is 8.73. The molecule has 1 unspecified atom stereocenters. The minimum absolute atomic E-state index is 0.209. The second-order valence-electron chi connectivity index (χ2n) is 12.4. The lowest BCUT2D eigenvalue weighted by molar-refractivity contribution is -0.129. The van der Waals surface area contributed by atoms with Crippen molar-refractivity contribution in [2.24, 2.45) is 5.73 Å². The zero-order chi connectivity index (χ0) is 34.0. The van der Waals surface area contributed by atoms with Crippen LogP contribution in [0.3, 0.4) is 0 Å². The normalized spacial score (nSPS) is 11.9. The smallest absolute Gasteiger partial charge is 0.255 e. The van der Waals surface area contributed by atoms with Crippen LogP contribution in [0.15, 0.2) is 116 Å². The second-order valence-corrected chi connectivity index (χ2v) is 12.4. The van der Waals surface area contributed by atoms with Crippen LogP contribution in [0.4, 0.5) is 0 Å². The molecule has 48 heavy (non-hydrogen) atoms. The highest BCUT2D eigenvalue weighted by Gasteiger charge is 2.38. The molecule has 5 N–H and O–H groups in total. The molecule has 1 heterocycles. The fourth-order valence-electron chi connectivity index (χ4n) is 6.13. The lowest BCUT2D eigenvalue weighted by atomic mass is 9.77. The van der Waals surface area contributed by atoms with Crippen molar-refractivity contribution < 1.29 is 9.59 Å². The summed E-state index contributed by atoms with van der Waals surface area (Å²) in [7, 11) is 0. The third-order valence-corrected chi connectivity index (χ3v) is 8.73. The number of carbonyl (C=O) groups is 2. The maximum absolute atomic E-state index is 12.8. The van der Waals surface area contributed by atoms with Crippen LogP contribution in [0, 0.1) is 0 Å². The third kappa shape index (κ3) is 10.2. The van der Waals surface area contributed by atoms with Gasteiger partial charge in [0.2, 0.25) is 5.91 Å². The average Bonchev–Trinajstić information content (AvgIpc) is 3.58. The molecule has 8 heteroatoms. The largest absolute Gasteiger partial charge is 0.389 e. The minimum Gasteiger partial charge on any atom is -0.389 e. The van der Waals surface area contributed by atoms with Crippen LogP contribution in [0.1, 0.15) is 93.5 Å². The highest BCUT2D eigenvalue weighted by Crippen LogP contribution is 2.40. The SMILES string of the molecule is C=C(CCCCCCC)NCCCCCC(=O)NNC(=O)C(N)Cc1cn(C(c2ccccc2)(c2ccccc2)c2ccccc2)cn1. The number of nitrogens with zero attached hydrogens (tertiary/aromatic N) is 2. The highest BCUT2D eigenvalue weighted by atomic mass is 16.2. The molecule has 1 aromatic heterocycles. The maximum atomic E-state index is 12.8. The molecule has 0 aliphatic carbocycles. The molecule has 0 saturated carbocycles. The molecule has 0 fully saturated rings. The predicted octanol–water partition coefficient (Wildman–Crippen LogP) is 6.76. The van der Waals surface area contributed by atoms with Gasteiger partial charge in [-0.1, -0.05) is 137 Å². The number of hydrogen-bond acceptors (Lipinski definition) is 5. The number of carbonyl (C=O) groups excluding carboxylic acids is 2. The lowest BCUT2D eigenvalue weighted by Gasteiger charge is -2.37. The van der Waals surface area contributed by atoms with E-state index in [1.165, 1.54) is 32.1 Å². The standard InChI is InChI=1S/C40H52N6O2/c1-3-4-5-6-11-20-32(2)42-28-19-10-18-27-38(47)44-45-39(48)37(41)29-36-30-46(31-43-36)40(33-21-12-7-13-22-33,34-23-14-8-15-24-34)35-25-16-9-17-26-35/h7-9,12-17,21-26,30-31,37,42H,2-6,10-11,18-20,27-29,41H2,1H3,(H,44,47)(H,45,48). The van der Waals surface area contributed by atoms with Gasteiger partial charge in [-0.05, 0) is 42.4 Å². The van der Waals surface area contributed by atoms with E-state index in [1.54, 1.807) is 6.33 Å². The van der Waals surface area contributed by atoms with Gasteiger partial charge in [0.15, 0.2) is 0 Å². The number of rotatable bonds is 20. The van der Waals surface area contributed by atoms with E-state index >= 15 is 0 Å². The number of unbranched alkanes of at least 4 members (excludes halogenated alkanes) is 6. The number of benzene rings is 3. The molecular weight excluding hydrogens is 596 g/mol. The Morgan fingerprint density at radius 3 is 1.90 bits per heavy atom. The quantitative estimate of drug-likeness (QED) is 0.0480. The summed E-state index contributed by atoms with van der Waals surface area (Å²) in [4.78, 5) is 29.9. The van der Waals surface area contributed by atoms with Crippen LogP contribution in [-0.4, -0.2) is 34.0 Å². The maximum Gasteiger partial charge on any atom is 0.255 e. The molecule has 254 valence electrons. The van der Waals surface area contributed by atoms with E-state index in [9.17, 15) is 9.59 Å². The minimum atomic E-state index is -0.890. The molecule has 0 saturated heterocycles. The Hall–Kier alpha value is -4.69. The molecular formula is C40H52N6O2. The molecule has 1 atom stereocenters. The van der Waals surface area contributed by atoms with Gasteiger partial charge in [-0.3, -0.25) is 20.4 Å². The molecule has 2 amide bonds. The Morgan fingerprint density at radius 1 is 0.771 bits per heavy atom. The first-order valence-corrected chi connectivity index (χ1v) is 17.4. The van der Waals surface area contributed by atoms with Crippen molar-refractivity contribution >= 4 is 11.8 Å². The monoisotopic (exact) mass is 648 g/mol. The van der Waals surface area contributed by atoms with Gasteiger partial charge in [-0.2, -0.15) is 0 Å². The van der Waals surface area contributed by atoms with Gasteiger partial charge in [-0.25, -0.2) is 4.98 Å². The molecule has 0 spiro atoms. The Morgan fingerprint density at radius 2 is 1.31 bits per heavy atom. The number of nitrogens with two attached hydrogens (primary N) is 1. The molecule has 0 bridgehead atoms. The van der Waals surface area contributed by atoms with Crippen LogP contribution >= 0.6 is 0 Å². The van der Waals surface area contributed by atoms with Gasteiger partial charge >= 0.3 is 0 Å². The van der Waals surface area contributed by atoms with Crippen molar-refractivity contribution in [2.75, 3.05) is 6.54 Å². The average molecular weight is 649 g/mol. The van der Waals surface area contributed by atoms with Crippen molar-refractivity contribution in [1.82, 2.24) is 25.7 Å². The van der Waals surface area contributed by atoms with Crippen LogP contribution in [0.25, 0.3) is 0 Å². The zero-order valence-electron chi connectivity index (χ0n) is 28.4. The highest BCUT2D eigenvalue weighted by molar-refractivity contribution is 5.85. The second kappa shape index (κ2) is 19.2. The van der Waals surface area contributed by atoms with Crippen molar-refractivity contribution in [1.29, 1.82) is 0 Å². The molecule has 8 nitrogen and oxygen atoms in total. The van der Waals surface area contributed by atoms with E-state index < -0.39 is 17.5 Å². The van der Waals surface area contributed by atoms with E-state index in [0.717, 1.165) is 54.6 Å². The Kier molecular flexibility index (Phi) is 14.5. The van der Waals surface area contributed by atoms with Gasteiger partial charge in [0.1, 0.15) is 5.54 Å². The summed E-state index contributed by atoms with van der Waals surface area (Å²) in [6.45, 7) is 7.21. The fraction of sp³-hybridized carbons (Fsp3) is 0.375. The van der Waals surface area contributed by atoms with Crippen LogP contribution in [-0.2, 0) is 21.5 Å². The summed E-state index contributed by atoms with van der Waals surface area (Å²) >= 11 is 0. The summed E-state index contributed by atoms with van der Waals surface area (Å²) in [5.41, 5.74) is 15.6. The number of nitrogens with one attached hydrogen (secondary N) is 3. The first-order chi connectivity index (χ1) is 23.4. The Bertz CT molecular complexity index is 1440. The summed E-state index contributed by atoms with van der Waals surface area (Å²) < 4.78 is 2.09. The number of hydrazine groups is 1. The molecule has 4 aromatic rings. The first-order valence-electron chi connectivity index (χ1n) is 17.4. The number of imidazole rings is 1. The number of hydrogen-bond donors (Lipinski definition) is 4. The van der Waals surface area contributed by atoms with Gasteiger partial charge in [0, 0.05) is 31.3 Å². The van der Waals surface area contributed by atoms with Crippen molar-refractivity contribution in [3.8, 4) is 0 Å². The van der Waals surface area contributed by atoms with Crippen molar-refractivity contribution in [2.45, 2.75) is 89.1 Å². The van der Waals surface area contributed by atoms with E-state index in [1.807, 2.05) is 60.8 Å². The molecule has 4 rings (SSSR count). The Balaban J connectivity index is 1.28. The van der Waals surface area contributed by atoms with E-state index in [4.69, 9.17) is 5.73 Å². The lowest BCUT2D eigenvalue weighted by Crippen LogP contribution is -2.50. The molecule has 0 aliphatic heterocycles. The van der Waals surface area contributed by atoms with Crippen LogP contribution in [0.2, 0.25) is 0 Å². The van der Waals surface area contributed by atoms with Crippen LogP contribution < -0.4 is 21.9 Å². The number of aromatic nitrogens is 2. The van der Waals surface area contributed by atoms with Gasteiger partial charge in [0.05, 0.1) is 18.1 Å². The van der Waals surface area contributed by atoms with E-state index in [-0.39, 0.29) is 12.3 Å². The van der Waals surface area contributed by atoms with Crippen molar-refractivity contribution in [3.63, 3.8) is 0 Å². The summed E-state index contributed by atoms with van der Waals surface area (Å²) in [5, 5.41) is 3.40. The van der Waals surface area contributed by atoms with Gasteiger partial charge in [0.25, 0.3) is 5.91 Å². The molecule has 0 radical (unpaired) electrons.